The molecule has 1 aromatic carbocycles. The average molecular weight is 290 g/mol. The molecule has 1 aromatic rings. The molecule has 0 aliphatic rings. The largest absolute Gasteiger partial charge is 1.00 e. The van der Waals surface area contributed by atoms with E-state index in [9.17, 15) is 21.4 Å². The molecule has 0 aromatic heterocycles. The number of rotatable bonds is 3. The van der Waals surface area contributed by atoms with Crippen LogP contribution in [0.15, 0.2) is 29.2 Å². The summed E-state index contributed by atoms with van der Waals surface area (Å²) in [6.45, 7) is 0. The Morgan fingerprint density at radius 3 is 1.81 bits per heavy atom. The van der Waals surface area contributed by atoms with Crippen LogP contribution < -0.4 is 55.6 Å². The second-order valence-corrected chi connectivity index (χ2v) is 5.73. The van der Waals surface area contributed by atoms with Gasteiger partial charge in [-0.3, -0.25) is 0 Å². The summed E-state index contributed by atoms with van der Waals surface area (Å²) in [5.41, 5.74) is 0. The summed E-state index contributed by atoms with van der Waals surface area (Å²) in [6, 6.07) is 4.48. The monoisotopic (exact) mass is 290 g/mol. The zero-order chi connectivity index (χ0) is 11.7. The Bertz CT molecular complexity index is 545. The molecule has 0 fully saturated rings. The van der Waals surface area contributed by atoms with Crippen LogP contribution in [0.3, 0.4) is 0 Å². The normalized spacial score (nSPS) is 11.6. The molecule has 6 nitrogen and oxygen atoms in total. The third-order valence-corrected chi connectivity index (χ3v) is 2.98. The van der Waals surface area contributed by atoms with E-state index in [0.29, 0.717) is 0 Å². The SMILES string of the molecule is CS(=O)(=O)c1ccc(OS(=O)(=O)[O-])cc1.[K+]. The minimum Gasteiger partial charge on any atom is -0.716 e. The molecule has 0 amide bonds. The Morgan fingerprint density at radius 2 is 1.50 bits per heavy atom. The van der Waals surface area contributed by atoms with Crippen molar-refractivity contribution >= 4 is 20.2 Å². The zero-order valence-corrected chi connectivity index (χ0v) is 13.3. The molecule has 0 spiro atoms. The quantitative estimate of drug-likeness (QED) is 0.333. The van der Waals surface area contributed by atoms with Gasteiger partial charge in [0, 0.05) is 6.26 Å². The van der Waals surface area contributed by atoms with Crippen LogP contribution >= 0.6 is 0 Å². The van der Waals surface area contributed by atoms with Gasteiger partial charge in [-0.2, -0.15) is 0 Å². The Hall–Kier alpha value is 0.516. The summed E-state index contributed by atoms with van der Waals surface area (Å²) < 4.78 is 56.6. The maximum Gasteiger partial charge on any atom is 1.00 e. The molecule has 1 rings (SSSR count). The molecule has 0 unspecified atom stereocenters. The van der Waals surface area contributed by atoms with E-state index >= 15 is 0 Å². The third-order valence-electron chi connectivity index (χ3n) is 1.45. The summed E-state index contributed by atoms with van der Waals surface area (Å²) in [4.78, 5) is 0.0122. The molecule has 0 N–H and O–H groups in total. The Balaban J connectivity index is 0.00000225. The van der Waals surface area contributed by atoms with E-state index in [1.165, 1.54) is 0 Å². The maximum atomic E-state index is 11.0. The van der Waals surface area contributed by atoms with Crippen LogP contribution in [0.5, 0.6) is 5.75 Å². The van der Waals surface area contributed by atoms with Crippen LogP contribution in [0.2, 0.25) is 0 Å². The molecule has 0 bridgehead atoms. The van der Waals surface area contributed by atoms with Crippen LogP contribution in [0, 0.1) is 0 Å². The number of sulfone groups is 1. The van der Waals surface area contributed by atoms with Gasteiger partial charge in [0.25, 0.3) is 10.4 Å². The van der Waals surface area contributed by atoms with Gasteiger partial charge in [-0.1, -0.05) is 0 Å². The van der Waals surface area contributed by atoms with Gasteiger partial charge in [0.1, 0.15) is 5.75 Å². The maximum absolute atomic E-state index is 11.0. The van der Waals surface area contributed by atoms with Gasteiger partial charge in [-0.05, 0) is 24.3 Å². The number of hydrogen-bond donors (Lipinski definition) is 0. The second kappa shape index (κ2) is 5.91. The summed E-state index contributed by atoms with van der Waals surface area (Å²) >= 11 is 0. The first kappa shape index (κ1) is 16.5. The molecule has 0 aliphatic heterocycles. The standard InChI is InChI=1S/C7H8O6S2.K/c1-14(8,9)7-4-2-6(3-5-7)13-15(10,11)12;/h2-5H,1H3,(H,10,11,12);/q;+1/p-1. The van der Waals surface area contributed by atoms with E-state index in [-0.39, 0.29) is 62.0 Å². The van der Waals surface area contributed by atoms with E-state index in [1.807, 2.05) is 0 Å². The fourth-order valence-corrected chi connectivity index (χ4v) is 1.84. The topological polar surface area (TPSA) is 101 Å². The van der Waals surface area contributed by atoms with Gasteiger partial charge in [0.05, 0.1) is 4.90 Å². The fraction of sp³-hybridized carbons (Fsp3) is 0.143. The van der Waals surface area contributed by atoms with E-state index in [0.717, 1.165) is 30.5 Å². The molecular formula is C7H7KO6S2. The van der Waals surface area contributed by atoms with Crippen molar-refractivity contribution in [3.05, 3.63) is 24.3 Å². The van der Waals surface area contributed by atoms with Crippen molar-refractivity contribution in [3.8, 4) is 5.75 Å². The second-order valence-electron chi connectivity index (χ2n) is 2.74. The summed E-state index contributed by atoms with van der Waals surface area (Å²) in [7, 11) is -8.17. The molecule has 84 valence electrons. The van der Waals surface area contributed by atoms with Crippen LogP contribution in [0.1, 0.15) is 0 Å². The van der Waals surface area contributed by atoms with Crippen LogP contribution in [-0.4, -0.2) is 27.6 Å². The first-order valence-electron chi connectivity index (χ1n) is 3.64. The number of benzene rings is 1. The van der Waals surface area contributed by atoms with Gasteiger partial charge in [0.15, 0.2) is 9.84 Å². The minimum absolute atomic E-state index is 0. The smallest absolute Gasteiger partial charge is 0.716 e. The third kappa shape index (κ3) is 5.73. The molecule has 0 radical (unpaired) electrons. The molecule has 16 heavy (non-hydrogen) atoms. The molecular weight excluding hydrogens is 283 g/mol. The predicted octanol–water partition coefficient (Wildman–Crippen LogP) is -3.07. The Morgan fingerprint density at radius 1 is 1.06 bits per heavy atom. The van der Waals surface area contributed by atoms with Gasteiger partial charge in [-0.25, -0.2) is 16.8 Å². The molecule has 0 aliphatic carbocycles. The van der Waals surface area contributed by atoms with Crippen LogP contribution in [0.4, 0.5) is 0 Å². The molecule has 0 saturated carbocycles. The van der Waals surface area contributed by atoms with Gasteiger partial charge >= 0.3 is 51.4 Å². The van der Waals surface area contributed by atoms with Gasteiger partial charge in [0.2, 0.25) is 0 Å². The fourth-order valence-electron chi connectivity index (χ4n) is 0.860. The van der Waals surface area contributed by atoms with Gasteiger partial charge < -0.3 is 8.74 Å². The first-order chi connectivity index (χ1) is 6.68. The van der Waals surface area contributed by atoms with Crippen molar-refractivity contribution in [1.82, 2.24) is 0 Å². The summed E-state index contributed by atoms with van der Waals surface area (Å²) in [5, 5.41) is 0. The minimum atomic E-state index is -4.82. The molecule has 0 heterocycles. The van der Waals surface area contributed by atoms with Crippen LogP contribution in [-0.2, 0) is 20.2 Å². The van der Waals surface area contributed by atoms with E-state index < -0.39 is 20.2 Å². The van der Waals surface area contributed by atoms with Crippen molar-refractivity contribution in [2.75, 3.05) is 6.26 Å². The van der Waals surface area contributed by atoms with Crippen molar-refractivity contribution in [2.24, 2.45) is 0 Å². The average Bonchev–Trinajstić information content (AvgIpc) is 2.00. The van der Waals surface area contributed by atoms with E-state index in [4.69, 9.17) is 0 Å². The van der Waals surface area contributed by atoms with Crippen molar-refractivity contribution < 1.29 is 77.0 Å². The van der Waals surface area contributed by atoms with Crippen molar-refractivity contribution in [3.63, 3.8) is 0 Å². The number of hydrogen-bond acceptors (Lipinski definition) is 6. The van der Waals surface area contributed by atoms with Crippen molar-refractivity contribution in [2.45, 2.75) is 4.90 Å². The summed E-state index contributed by atoms with van der Waals surface area (Å²) in [5.74, 6) is -0.225. The Kier molecular flexibility index (Phi) is 6.10. The Labute approximate surface area is 136 Å². The zero-order valence-electron chi connectivity index (χ0n) is 8.58. The van der Waals surface area contributed by atoms with Crippen LogP contribution in [0.25, 0.3) is 0 Å². The predicted molar refractivity (Wildman–Crippen MR) is 49.9 cm³/mol. The molecule has 0 saturated heterocycles. The van der Waals surface area contributed by atoms with E-state index in [1.54, 1.807) is 0 Å². The summed E-state index contributed by atoms with van der Waals surface area (Å²) in [6.07, 6.45) is 1.01. The van der Waals surface area contributed by atoms with Gasteiger partial charge in [-0.15, -0.1) is 0 Å². The first-order valence-corrected chi connectivity index (χ1v) is 6.86. The molecule has 0 atom stereocenters. The molecule has 9 heteroatoms. The van der Waals surface area contributed by atoms with E-state index in [2.05, 4.69) is 4.18 Å². The van der Waals surface area contributed by atoms with Crippen molar-refractivity contribution in [1.29, 1.82) is 0 Å².